The Hall–Kier alpha value is -1.56. The Morgan fingerprint density at radius 3 is 2.70 bits per heavy atom. The van der Waals surface area contributed by atoms with E-state index in [9.17, 15) is 10.1 Å². The lowest BCUT2D eigenvalue weighted by molar-refractivity contribution is -0.385. The largest absolute Gasteiger partial charge is 0.270 e. The first kappa shape index (κ1) is 16.3. The second-order valence-electron chi connectivity index (χ2n) is 6.58. The molecule has 23 heavy (non-hydrogen) atoms. The molecule has 3 rings (SSSR count). The van der Waals surface area contributed by atoms with Gasteiger partial charge in [0.05, 0.1) is 22.4 Å². The number of allylic oxidation sites excluding steroid dienone is 1. The van der Waals surface area contributed by atoms with Crippen LogP contribution in [0.3, 0.4) is 0 Å². The highest BCUT2D eigenvalue weighted by molar-refractivity contribution is 6.38. The average molecular weight is 355 g/mol. The summed E-state index contributed by atoms with van der Waals surface area (Å²) in [5, 5.41) is 14.4. The number of nitro benzene ring substituents is 1. The van der Waals surface area contributed by atoms with E-state index in [-0.39, 0.29) is 11.3 Å². The van der Waals surface area contributed by atoms with Crippen LogP contribution in [0.5, 0.6) is 0 Å². The van der Waals surface area contributed by atoms with Crippen molar-refractivity contribution in [2.45, 2.75) is 31.7 Å². The van der Waals surface area contributed by atoms with E-state index < -0.39 is 10.3 Å². The third-order valence-corrected chi connectivity index (χ3v) is 4.45. The summed E-state index contributed by atoms with van der Waals surface area (Å²) in [4.78, 5) is 16.7. The van der Waals surface area contributed by atoms with E-state index in [0.717, 1.165) is 10.8 Å². The molecule has 1 aliphatic heterocycles. The molecule has 0 bridgehead atoms. The zero-order valence-corrected chi connectivity index (χ0v) is 14.5. The minimum absolute atomic E-state index is 0.0102. The standard InChI is InChI=1S/C16H16Cl2N2O3/c1-16(2,3)23-19-7-9-4-11(20(21)22)6-12-14(9)10(8-19)5-13(17)15(12)18/h4-7,15H,8H2,1-3H3. The number of benzene rings is 1. The Morgan fingerprint density at radius 1 is 1.39 bits per heavy atom. The predicted octanol–water partition coefficient (Wildman–Crippen LogP) is 2.95. The molecule has 5 nitrogen and oxygen atoms in total. The van der Waals surface area contributed by atoms with Crippen LogP contribution in [-0.4, -0.2) is 22.1 Å². The fourth-order valence-electron chi connectivity index (χ4n) is 2.81. The fraction of sp³-hybridized carbons (Fsp3) is 0.375. The Morgan fingerprint density at radius 2 is 2.09 bits per heavy atom. The van der Waals surface area contributed by atoms with Gasteiger partial charge in [-0.2, -0.15) is 0 Å². The van der Waals surface area contributed by atoms with Crippen LogP contribution in [-0.2, 0) is 4.84 Å². The van der Waals surface area contributed by atoms with Gasteiger partial charge in [0.1, 0.15) is 0 Å². The maximum Gasteiger partial charge on any atom is 0.270 e. The van der Waals surface area contributed by atoms with Crippen molar-refractivity contribution in [1.29, 1.82) is 0 Å². The predicted molar refractivity (Wildman–Crippen MR) is 90.3 cm³/mol. The maximum absolute atomic E-state index is 11.2. The fourth-order valence-corrected chi connectivity index (χ4v) is 3.30. The molecule has 1 aromatic carbocycles. The van der Waals surface area contributed by atoms with Crippen LogP contribution in [0.1, 0.15) is 31.7 Å². The molecule has 1 heterocycles. The molecular weight excluding hydrogens is 339 g/mol. The first-order valence-electron chi connectivity index (χ1n) is 7.16. The van der Waals surface area contributed by atoms with Crippen LogP contribution >= 0.6 is 23.2 Å². The summed E-state index contributed by atoms with van der Waals surface area (Å²) >= 11 is 12.6. The molecule has 1 aliphatic carbocycles. The van der Waals surface area contributed by atoms with Gasteiger partial charge < -0.3 is 0 Å². The van der Waals surface area contributed by atoms with Gasteiger partial charge >= 0.3 is 0 Å². The summed E-state index contributed by atoms with van der Waals surface area (Å²) in [5.74, 6) is 0. The molecule has 0 aromatic heterocycles. The molecular formula is C16H16Cl2N2O3. The van der Waals surface area contributed by atoms with E-state index in [1.165, 1.54) is 12.1 Å². The molecule has 0 amide bonds. The van der Waals surface area contributed by atoms with Gasteiger partial charge in [0.15, 0.2) is 0 Å². The first-order valence-corrected chi connectivity index (χ1v) is 7.97. The van der Waals surface area contributed by atoms with Crippen LogP contribution in [0.15, 0.2) is 23.2 Å². The monoisotopic (exact) mass is 354 g/mol. The van der Waals surface area contributed by atoms with E-state index in [2.05, 4.69) is 0 Å². The second-order valence-corrected chi connectivity index (χ2v) is 7.45. The van der Waals surface area contributed by atoms with Gasteiger partial charge in [-0.3, -0.25) is 20.0 Å². The SMILES string of the molecule is CC(C)(C)ON1C=c2cc([N+](=O)[O-])cc3c2=C(C=C(Cl)C3Cl)C1. The van der Waals surface area contributed by atoms with Crippen molar-refractivity contribution in [3.05, 3.63) is 49.4 Å². The number of rotatable bonds is 2. The molecule has 1 atom stereocenters. The van der Waals surface area contributed by atoms with Gasteiger partial charge in [-0.15, -0.1) is 11.6 Å². The van der Waals surface area contributed by atoms with Gasteiger partial charge in [-0.1, -0.05) is 11.6 Å². The van der Waals surface area contributed by atoms with E-state index in [4.69, 9.17) is 28.0 Å². The van der Waals surface area contributed by atoms with Crippen LogP contribution in [0, 0.1) is 10.1 Å². The lowest BCUT2D eigenvalue weighted by Crippen LogP contribution is -2.44. The summed E-state index contributed by atoms with van der Waals surface area (Å²) in [5.41, 5.74) is 1.22. The quantitative estimate of drug-likeness (QED) is 0.465. The number of alkyl halides is 1. The van der Waals surface area contributed by atoms with Gasteiger partial charge in [-0.05, 0) is 43.2 Å². The van der Waals surface area contributed by atoms with Crippen LogP contribution in [0.2, 0.25) is 0 Å². The van der Waals surface area contributed by atoms with E-state index in [0.29, 0.717) is 22.4 Å². The summed E-state index contributed by atoms with van der Waals surface area (Å²) in [7, 11) is 0. The molecule has 1 aromatic rings. The first-order chi connectivity index (χ1) is 10.7. The zero-order valence-electron chi connectivity index (χ0n) is 13.0. The minimum atomic E-state index is -0.572. The highest BCUT2D eigenvalue weighted by atomic mass is 35.5. The molecule has 1 unspecified atom stereocenters. The van der Waals surface area contributed by atoms with Crippen molar-refractivity contribution >= 4 is 40.7 Å². The van der Waals surface area contributed by atoms with Crippen LogP contribution in [0.25, 0.3) is 11.8 Å². The Bertz CT molecular complexity index is 840. The van der Waals surface area contributed by atoms with Crippen LogP contribution < -0.4 is 10.4 Å². The molecule has 122 valence electrons. The normalized spacial score (nSPS) is 19.9. The lowest BCUT2D eigenvalue weighted by atomic mass is 9.94. The molecule has 7 heteroatoms. The zero-order chi connectivity index (χ0) is 16.9. The minimum Gasteiger partial charge on any atom is -0.268 e. The van der Waals surface area contributed by atoms with E-state index in [1.54, 1.807) is 11.3 Å². The van der Waals surface area contributed by atoms with Crippen molar-refractivity contribution in [2.24, 2.45) is 0 Å². The van der Waals surface area contributed by atoms with E-state index >= 15 is 0 Å². The van der Waals surface area contributed by atoms with Gasteiger partial charge in [0.25, 0.3) is 5.69 Å². The topological polar surface area (TPSA) is 55.6 Å². The van der Waals surface area contributed by atoms with Gasteiger partial charge in [0.2, 0.25) is 0 Å². The summed E-state index contributed by atoms with van der Waals surface area (Å²) in [6.07, 6.45) is 3.60. The summed E-state index contributed by atoms with van der Waals surface area (Å²) in [6, 6.07) is 3.04. The third kappa shape index (κ3) is 3.09. The van der Waals surface area contributed by atoms with Crippen LogP contribution in [0.4, 0.5) is 5.69 Å². The third-order valence-electron chi connectivity index (χ3n) is 3.54. The summed E-state index contributed by atoms with van der Waals surface area (Å²) in [6.45, 7) is 6.34. The second kappa shape index (κ2) is 5.51. The number of non-ortho nitro benzene ring substituents is 1. The number of nitro groups is 1. The highest BCUT2D eigenvalue weighted by Crippen LogP contribution is 2.35. The van der Waals surface area contributed by atoms with Crippen molar-refractivity contribution in [3.63, 3.8) is 0 Å². The maximum atomic E-state index is 11.2. The van der Waals surface area contributed by atoms with Crippen molar-refractivity contribution in [1.82, 2.24) is 5.06 Å². The molecule has 0 saturated heterocycles. The highest BCUT2D eigenvalue weighted by Gasteiger charge is 2.27. The van der Waals surface area contributed by atoms with Gasteiger partial charge in [-0.25, -0.2) is 0 Å². The number of hydrogen-bond donors (Lipinski definition) is 0. The molecule has 0 radical (unpaired) electrons. The van der Waals surface area contributed by atoms with Crippen molar-refractivity contribution < 1.29 is 9.76 Å². The summed E-state index contributed by atoms with van der Waals surface area (Å²) < 4.78 is 0. The lowest BCUT2D eigenvalue weighted by Gasteiger charge is -2.32. The van der Waals surface area contributed by atoms with Crippen molar-refractivity contribution in [3.8, 4) is 0 Å². The number of hydrogen-bond acceptors (Lipinski definition) is 4. The molecule has 2 aliphatic rings. The van der Waals surface area contributed by atoms with Crippen molar-refractivity contribution in [2.75, 3.05) is 6.54 Å². The average Bonchev–Trinajstić information content (AvgIpc) is 2.41. The number of hydroxylamine groups is 2. The Kier molecular flexibility index (Phi) is 3.91. The number of nitrogens with zero attached hydrogens (tertiary/aromatic N) is 2. The Labute approximate surface area is 143 Å². The number of halogens is 2. The molecule has 0 saturated carbocycles. The molecule has 0 fully saturated rings. The molecule has 0 spiro atoms. The Balaban J connectivity index is 2.24. The van der Waals surface area contributed by atoms with E-state index in [1.807, 2.05) is 26.8 Å². The molecule has 0 N–H and O–H groups in total. The smallest absolute Gasteiger partial charge is 0.268 e. The van der Waals surface area contributed by atoms with Gasteiger partial charge in [0, 0.05) is 28.6 Å².